The van der Waals surface area contributed by atoms with E-state index in [-0.39, 0.29) is 12.4 Å². The zero-order chi connectivity index (χ0) is 7.56. The van der Waals surface area contributed by atoms with E-state index >= 15 is 0 Å². The van der Waals surface area contributed by atoms with E-state index < -0.39 is 7.12 Å². The summed E-state index contributed by atoms with van der Waals surface area (Å²) in [6.45, 7) is 1.84. The molecular formula is C6H9BClNO2. The maximum atomic E-state index is 8.63. The van der Waals surface area contributed by atoms with Crippen LogP contribution in [0.3, 0.4) is 0 Å². The lowest BCUT2D eigenvalue weighted by atomic mass is 9.82. The number of hydrogen-bond donors (Lipinski definition) is 2. The average molecular weight is 173 g/mol. The number of pyridine rings is 1. The quantitative estimate of drug-likeness (QED) is 0.563. The van der Waals surface area contributed by atoms with Gasteiger partial charge in [-0.15, -0.1) is 12.4 Å². The van der Waals surface area contributed by atoms with Crippen molar-refractivity contribution in [3.63, 3.8) is 0 Å². The molecule has 0 atom stereocenters. The normalized spacial score (nSPS) is 8.64. The van der Waals surface area contributed by atoms with Gasteiger partial charge in [0.25, 0.3) is 0 Å². The summed E-state index contributed by atoms with van der Waals surface area (Å²) in [6, 6.07) is 3.36. The van der Waals surface area contributed by atoms with Crippen LogP contribution in [0.25, 0.3) is 0 Å². The van der Waals surface area contributed by atoms with E-state index in [0.717, 1.165) is 5.69 Å². The summed E-state index contributed by atoms with van der Waals surface area (Å²) in [5, 5.41) is 17.3. The molecule has 5 heteroatoms. The molecule has 3 nitrogen and oxygen atoms in total. The van der Waals surface area contributed by atoms with Crippen LogP contribution in [-0.4, -0.2) is 22.2 Å². The highest BCUT2D eigenvalue weighted by molar-refractivity contribution is 6.58. The highest BCUT2D eigenvalue weighted by atomic mass is 35.5. The van der Waals surface area contributed by atoms with Gasteiger partial charge in [0, 0.05) is 17.4 Å². The molecule has 0 aliphatic rings. The second-order valence-electron chi connectivity index (χ2n) is 2.11. The van der Waals surface area contributed by atoms with Crippen LogP contribution in [0.5, 0.6) is 0 Å². The molecule has 1 aromatic heterocycles. The minimum atomic E-state index is -1.41. The Hall–Kier alpha value is -0.575. The van der Waals surface area contributed by atoms with Crippen LogP contribution in [-0.2, 0) is 0 Å². The van der Waals surface area contributed by atoms with Gasteiger partial charge in [-0.2, -0.15) is 0 Å². The smallest absolute Gasteiger partial charge is 0.423 e. The largest absolute Gasteiger partial charge is 0.490 e. The molecule has 1 heterocycles. The Balaban J connectivity index is 0.000001000. The molecule has 0 saturated heterocycles. The van der Waals surface area contributed by atoms with Gasteiger partial charge in [-0.1, -0.05) is 6.07 Å². The van der Waals surface area contributed by atoms with Crippen molar-refractivity contribution in [1.29, 1.82) is 0 Å². The van der Waals surface area contributed by atoms with Gasteiger partial charge in [-0.05, 0) is 13.0 Å². The standard InChI is InChI=1S/C6H8BNO2.ClH/c1-5-2-3-6(4-8-5)7(9)10;/h2-4,9-10H,1H3;1H. The first-order valence-corrected chi connectivity index (χ1v) is 2.99. The summed E-state index contributed by atoms with van der Waals surface area (Å²) in [5.74, 6) is 0. The van der Waals surface area contributed by atoms with E-state index in [1.807, 2.05) is 6.92 Å². The average Bonchev–Trinajstić information content (AvgIpc) is 1.88. The first-order chi connectivity index (χ1) is 4.70. The van der Waals surface area contributed by atoms with Crippen LogP contribution in [0.4, 0.5) is 0 Å². The van der Waals surface area contributed by atoms with E-state index in [4.69, 9.17) is 10.0 Å². The maximum Gasteiger partial charge on any atom is 0.490 e. The lowest BCUT2D eigenvalue weighted by molar-refractivity contribution is 0.425. The molecule has 2 N–H and O–H groups in total. The van der Waals surface area contributed by atoms with Gasteiger partial charge >= 0.3 is 7.12 Å². The monoisotopic (exact) mass is 173 g/mol. The van der Waals surface area contributed by atoms with Crippen LogP contribution in [0.1, 0.15) is 5.69 Å². The predicted molar refractivity (Wildman–Crippen MR) is 46.0 cm³/mol. The summed E-state index contributed by atoms with van der Waals surface area (Å²) in [4.78, 5) is 3.88. The molecule has 11 heavy (non-hydrogen) atoms. The minimum absolute atomic E-state index is 0. The maximum absolute atomic E-state index is 8.63. The van der Waals surface area contributed by atoms with E-state index in [9.17, 15) is 0 Å². The summed E-state index contributed by atoms with van der Waals surface area (Å²) >= 11 is 0. The van der Waals surface area contributed by atoms with Crippen molar-refractivity contribution in [1.82, 2.24) is 4.98 Å². The number of rotatable bonds is 1. The summed E-state index contributed by atoms with van der Waals surface area (Å²) < 4.78 is 0. The van der Waals surface area contributed by atoms with Crippen LogP contribution in [0.15, 0.2) is 18.3 Å². The number of nitrogens with zero attached hydrogens (tertiary/aromatic N) is 1. The van der Waals surface area contributed by atoms with Gasteiger partial charge < -0.3 is 10.0 Å². The molecule has 0 spiro atoms. The van der Waals surface area contributed by atoms with Crippen molar-refractivity contribution in [2.75, 3.05) is 0 Å². The van der Waals surface area contributed by atoms with Gasteiger partial charge in [0.15, 0.2) is 0 Å². The molecule has 0 aromatic carbocycles. The van der Waals surface area contributed by atoms with Crippen molar-refractivity contribution in [3.8, 4) is 0 Å². The fourth-order valence-corrected chi connectivity index (χ4v) is 0.632. The van der Waals surface area contributed by atoms with Crippen LogP contribution >= 0.6 is 12.4 Å². The molecule has 1 rings (SSSR count). The summed E-state index contributed by atoms with van der Waals surface area (Å²) in [5.41, 5.74) is 1.29. The van der Waals surface area contributed by atoms with Crippen molar-refractivity contribution < 1.29 is 10.0 Å². The van der Waals surface area contributed by atoms with Gasteiger partial charge in [0.2, 0.25) is 0 Å². The topological polar surface area (TPSA) is 53.4 Å². The zero-order valence-corrected chi connectivity index (χ0v) is 6.88. The molecule has 60 valence electrons. The lowest BCUT2D eigenvalue weighted by Gasteiger charge is -1.96. The lowest BCUT2D eigenvalue weighted by Crippen LogP contribution is -2.29. The zero-order valence-electron chi connectivity index (χ0n) is 6.06. The van der Waals surface area contributed by atoms with E-state index in [2.05, 4.69) is 4.98 Å². The fraction of sp³-hybridized carbons (Fsp3) is 0.167. The Labute approximate surface area is 71.7 Å². The van der Waals surface area contributed by atoms with Gasteiger partial charge in [0.05, 0.1) is 0 Å². The van der Waals surface area contributed by atoms with Crippen LogP contribution < -0.4 is 5.46 Å². The van der Waals surface area contributed by atoms with Crippen molar-refractivity contribution >= 4 is 25.0 Å². The first-order valence-electron chi connectivity index (χ1n) is 2.99. The summed E-state index contributed by atoms with van der Waals surface area (Å²) in [6.07, 6.45) is 1.44. The second kappa shape index (κ2) is 4.33. The SMILES string of the molecule is Cc1ccc(B(O)O)cn1.Cl. The molecule has 0 saturated carbocycles. The van der Waals surface area contributed by atoms with Gasteiger partial charge in [0.1, 0.15) is 0 Å². The van der Waals surface area contributed by atoms with Crippen LogP contribution in [0, 0.1) is 6.92 Å². The third-order valence-corrected chi connectivity index (χ3v) is 1.23. The number of aryl methyl sites for hydroxylation is 1. The molecule has 0 aliphatic carbocycles. The minimum Gasteiger partial charge on any atom is -0.423 e. The molecule has 0 amide bonds. The van der Waals surface area contributed by atoms with E-state index in [1.165, 1.54) is 6.20 Å². The van der Waals surface area contributed by atoms with Gasteiger partial charge in [-0.3, -0.25) is 4.98 Å². The number of hydrogen-bond acceptors (Lipinski definition) is 3. The third-order valence-electron chi connectivity index (χ3n) is 1.23. The molecular weight excluding hydrogens is 164 g/mol. The van der Waals surface area contributed by atoms with Crippen molar-refractivity contribution in [2.24, 2.45) is 0 Å². The Morgan fingerprint density at radius 2 is 2.00 bits per heavy atom. The van der Waals surface area contributed by atoms with Crippen molar-refractivity contribution in [2.45, 2.75) is 6.92 Å². The highest BCUT2D eigenvalue weighted by Crippen LogP contribution is 1.86. The first kappa shape index (κ1) is 10.4. The Morgan fingerprint density at radius 3 is 2.36 bits per heavy atom. The second-order valence-corrected chi connectivity index (χ2v) is 2.11. The Bertz CT molecular complexity index is 214. The number of aromatic nitrogens is 1. The van der Waals surface area contributed by atoms with Crippen molar-refractivity contribution in [3.05, 3.63) is 24.0 Å². The summed E-state index contributed by atoms with van der Waals surface area (Å²) in [7, 11) is -1.41. The molecule has 1 aromatic rings. The Kier molecular flexibility index (Phi) is 4.11. The molecule has 0 fully saturated rings. The van der Waals surface area contributed by atoms with Gasteiger partial charge in [-0.25, -0.2) is 0 Å². The predicted octanol–water partition coefficient (Wildman–Crippen LogP) is -0.508. The third kappa shape index (κ3) is 2.88. The molecule has 0 unspecified atom stereocenters. The molecule has 0 bridgehead atoms. The molecule has 0 aliphatic heterocycles. The Morgan fingerprint density at radius 1 is 1.36 bits per heavy atom. The molecule has 0 radical (unpaired) electrons. The van der Waals surface area contributed by atoms with Crippen LogP contribution in [0.2, 0.25) is 0 Å². The number of halogens is 1. The van der Waals surface area contributed by atoms with E-state index in [1.54, 1.807) is 12.1 Å². The fourth-order valence-electron chi connectivity index (χ4n) is 0.632. The highest BCUT2D eigenvalue weighted by Gasteiger charge is 2.09. The van der Waals surface area contributed by atoms with E-state index in [0.29, 0.717) is 5.46 Å².